The van der Waals surface area contributed by atoms with E-state index < -0.39 is 6.10 Å². The van der Waals surface area contributed by atoms with E-state index in [0.717, 1.165) is 5.56 Å². The van der Waals surface area contributed by atoms with Crippen LogP contribution < -0.4 is 4.74 Å². The number of aliphatic hydroxyl groups is 1. The first-order valence-electron chi connectivity index (χ1n) is 6.22. The summed E-state index contributed by atoms with van der Waals surface area (Å²) in [6, 6.07) is 12.1. The van der Waals surface area contributed by atoms with Crippen molar-refractivity contribution in [3.05, 3.63) is 65.0 Å². The molecule has 0 saturated carbocycles. The van der Waals surface area contributed by atoms with Crippen molar-refractivity contribution in [3.8, 4) is 5.75 Å². The lowest BCUT2D eigenvalue weighted by molar-refractivity contribution is 0.190. The Morgan fingerprint density at radius 2 is 1.95 bits per heavy atom. The number of benzene rings is 2. The fourth-order valence-electron chi connectivity index (χ4n) is 1.88. The molecule has 0 heterocycles. The minimum Gasteiger partial charge on any atom is -0.488 e. The van der Waals surface area contributed by atoms with Crippen LogP contribution in [0.1, 0.15) is 29.7 Å². The average molecular weight is 260 g/mol. The molecule has 0 radical (unpaired) electrons. The standard InChI is InChI=1S/C16H17FO2/c1-11-7-8-14(12(2)18)16(9-11)19-10-13-5-3-4-6-15(13)17/h3-9,12,18H,10H2,1-2H3/t12-/m0/s1. The lowest BCUT2D eigenvalue weighted by Crippen LogP contribution is -2.02. The van der Waals surface area contributed by atoms with Gasteiger partial charge < -0.3 is 9.84 Å². The van der Waals surface area contributed by atoms with Gasteiger partial charge in [-0.2, -0.15) is 0 Å². The van der Waals surface area contributed by atoms with Crippen LogP contribution in [0.2, 0.25) is 0 Å². The predicted molar refractivity (Wildman–Crippen MR) is 72.5 cm³/mol. The second-order valence-electron chi connectivity index (χ2n) is 4.60. The summed E-state index contributed by atoms with van der Waals surface area (Å²) >= 11 is 0. The lowest BCUT2D eigenvalue weighted by atomic mass is 10.1. The van der Waals surface area contributed by atoms with E-state index in [0.29, 0.717) is 16.9 Å². The number of rotatable bonds is 4. The van der Waals surface area contributed by atoms with Gasteiger partial charge in [-0.05, 0) is 31.5 Å². The number of hydrogen-bond acceptors (Lipinski definition) is 2. The molecule has 0 saturated heterocycles. The van der Waals surface area contributed by atoms with Crippen LogP contribution in [0.25, 0.3) is 0 Å². The van der Waals surface area contributed by atoms with Gasteiger partial charge in [-0.3, -0.25) is 0 Å². The van der Waals surface area contributed by atoms with Crippen molar-refractivity contribution in [2.24, 2.45) is 0 Å². The van der Waals surface area contributed by atoms with Gasteiger partial charge in [-0.25, -0.2) is 4.39 Å². The summed E-state index contributed by atoms with van der Waals surface area (Å²) in [6.45, 7) is 3.78. The second-order valence-corrected chi connectivity index (χ2v) is 4.60. The number of aliphatic hydroxyl groups excluding tert-OH is 1. The predicted octanol–water partition coefficient (Wildman–Crippen LogP) is 3.77. The van der Waals surface area contributed by atoms with Crippen LogP contribution in [0, 0.1) is 12.7 Å². The summed E-state index contributed by atoms with van der Waals surface area (Å²) in [6.07, 6.45) is -0.615. The Hall–Kier alpha value is -1.87. The number of ether oxygens (including phenoxy) is 1. The largest absolute Gasteiger partial charge is 0.488 e. The number of aryl methyl sites for hydroxylation is 1. The van der Waals surface area contributed by atoms with E-state index in [1.54, 1.807) is 25.1 Å². The molecule has 0 bridgehead atoms. The van der Waals surface area contributed by atoms with E-state index in [1.807, 2.05) is 25.1 Å². The Bertz CT molecular complexity index is 564. The highest BCUT2D eigenvalue weighted by molar-refractivity contribution is 5.38. The lowest BCUT2D eigenvalue weighted by Gasteiger charge is -2.14. The molecule has 0 unspecified atom stereocenters. The zero-order valence-corrected chi connectivity index (χ0v) is 11.1. The van der Waals surface area contributed by atoms with E-state index >= 15 is 0 Å². The fourth-order valence-corrected chi connectivity index (χ4v) is 1.88. The molecule has 2 aromatic rings. The molecule has 0 amide bonds. The summed E-state index contributed by atoms with van der Waals surface area (Å²) < 4.78 is 19.1. The Morgan fingerprint density at radius 1 is 1.21 bits per heavy atom. The van der Waals surface area contributed by atoms with E-state index in [2.05, 4.69) is 0 Å². The Morgan fingerprint density at radius 3 is 2.63 bits per heavy atom. The van der Waals surface area contributed by atoms with Crippen molar-refractivity contribution < 1.29 is 14.2 Å². The van der Waals surface area contributed by atoms with Crippen LogP contribution in [0.4, 0.5) is 4.39 Å². The summed E-state index contributed by atoms with van der Waals surface area (Å²) in [4.78, 5) is 0. The molecule has 2 rings (SSSR count). The molecule has 0 aliphatic carbocycles. The average Bonchev–Trinajstić information content (AvgIpc) is 2.37. The van der Waals surface area contributed by atoms with Gasteiger partial charge >= 0.3 is 0 Å². The molecule has 0 aliphatic heterocycles. The quantitative estimate of drug-likeness (QED) is 0.906. The molecular formula is C16H17FO2. The van der Waals surface area contributed by atoms with Crippen molar-refractivity contribution in [1.82, 2.24) is 0 Å². The van der Waals surface area contributed by atoms with Crippen LogP contribution >= 0.6 is 0 Å². The summed E-state index contributed by atoms with van der Waals surface area (Å²) in [5.41, 5.74) is 2.25. The Labute approximate surface area is 112 Å². The molecule has 1 N–H and O–H groups in total. The first-order chi connectivity index (χ1) is 9.08. The molecule has 0 aromatic heterocycles. The first-order valence-corrected chi connectivity index (χ1v) is 6.22. The van der Waals surface area contributed by atoms with Crippen molar-refractivity contribution in [1.29, 1.82) is 0 Å². The Kier molecular flexibility index (Phi) is 4.17. The van der Waals surface area contributed by atoms with Crippen LogP contribution in [0.15, 0.2) is 42.5 Å². The maximum Gasteiger partial charge on any atom is 0.129 e. The molecular weight excluding hydrogens is 243 g/mol. The van der Waals surface area contributed by atoms with Gasteiger partial charge in [0.25, 0.3) is 0 Å². The molecule has 1 atom stereocenters. The zero-order chi connectivity index (χ0) is 13.8. The topological polar surface area (TPSA) is 29.5 Å². The van der Waals surface area contributed by atoms with Crippen molar-refractivity contribution >= 4 is 0 Å². The monoisotopic (exact) mass is 260 g/mol. The van der Waals surface area contributed by atoms with Gasteiger partial charge in [0.1, 0.15) is 18.2 Å². The zero-order valence-electron chi connectivity index (χ0n) is 11.1. The highest BCUT2D eigenvalue weighted by atomic mass is 19.1. The summed E-state index contributed by atoms with van der Waals surface area (Å²) in [5.74, 6) is 0.312. The van der Waals surface area contributed by atoms with Crippen molar-refractivity contribution in [2.45, 2.75) is 26.6 Å². The van der Waals surface area contributed by atoms with E-state index in [-0.39, 0.29) is 12.4 Å². The van der Waals surface area contributed by atoms with E-state index in [9.17, 15) is 9.50 Å². The third-order valence-corrected chi connectivity index (χ3v) is 2.96. The van der Waals surface area contributed by atoms with Gasteiger partial charge in [-0.1, -0.05) is 30.3 Å². The van der Waals surface area contributed by atoms with Gasteiger partial charge in [0, 0.05) is 11.1 Å². The van der Waals surface area contributed by atoms with Gasteiger partial charge in [0.15, 0.2) is 0 Å². The van der Waals surface area contributed by atoms with E-state index in [1.165, 1.54) is 6.07 Å². The minimum atomic E-state index is -0.615. The molecule has 100 valence electrons. The van der Waals surface area contributed by atoms with Crippen LogP contribution in [-0.2, 0) is 6.61 Å². The second kappa shape index (κ2) is 5.85. The maximum absolute atomic E-state index is 13.5. The molecule has 3 heteroatoms. The molecule has 19 heavy (non-hydrogen) atoms. The molecule has 0 aliphatic rings. The van der Waals surface area contributed by atoms with Gasteiger partial charge in [0.05, 0.1) is 6.10 Å². The highest BCUT2D eigenvalue weighted by Crippen LogP contribution is 2.27. The van der Waals surface area contributed by atoms with E-state index in [4.69, 9.17) is 4.74 Å². The smallest absolute Gasteiger partial charge is 0.129 e. The minimum absolute atomic E-state index is 0.149. The first kappa shape index (κ1) is 13.6. The normalized spacial score (nSPS) is 12.2. The van der Waals surface area contributed by atoms with Crippen LogP contribution in [-0.4, -0.2) is 5.11 Å². The van der Waals surface area contributed by atoms with Gasteiger partial charge in [-0.15, -0.1) is 0 Å². The number of halogens is 1. The third-order valence-electron chi connectivity index (χ3n) is 2.96. The fraction of sp³-hybridized carbons (Fsp3) is 0.250. The van der Waals surface area contributed by atoms with Crippen molar-refractivity contribution in [2.75, 3.05) is 0 Å². The molecule has 0 spiro atoms. The van der Waals surface area contributed by atoms with Gasteiger partial charge in [0.2, 0.25) is 0 Å². The summed E-state index contributed by atoms with van der Waals surface area (Å²) in [5, 5.41) is 9.69. The maximum atomic E-state index is 13.5. The number of hydrogen-bond donors (Lipinski definition) is 1. The third kappa shape index (κ3) is 3.32. The SMILES string of the molecule is Cc1ccc([C@H](C)O)c(OCc2ccccc2F)c1. The summed E-state index contributed by atoms with van der Waals surface area (Å²) in [7, 11) is 0. The van der Waals surface area contributed by atoms with Crippen LogP contribution in [0.3, 0.4) is 0 Å². The van der Waals surface area contributed by atoms with Crippen molar-refractivity contribution in [3.63, 3.8) is 0 Å². The Balaban J connectivity index is 2.19. The molecule has 2 aromatic carbocycles. The highest BCUT2D eigenvalue weighted by Gasteiger charge is 2.10. The van der Waals surface area contributed by atoms with Crippen LogP contribution in [0.5, 0.6) is 5.75 Å². The molecule has 2 nitrogen and oxygen atoms in total. The molecule has 0 fully saturated rings.